The Balaban J connectivity index is 3.93. The van der Waals surface area contributed by atoms with E-state index in [1.807, 2.05) is 6.92 Å². The molecule has 2 heteroatoms. The van der Waals surface area contributed by atoms with Crippen LogP contribution in [0, 0.1) is 5.92 Å². The van der Waals surface area contributed by atoms with E-state index < -0.39 is 6.10 Å². The summed E-state index contributed by atoms with van der Waals surface area (Å²) in [5, 5.41) is 9.18. The Morgan fingerprint density at radius 1 is 1.60 bits per heavy atom. The second-order valence-corrected chi connectivity index (χ2v) is 2.42. The highest BCUT2D eigenvalue weighted by molar-refractivity contribution is 5.78. The molecule has 2 atom stereocenters. The smallest absolute Gasteiger partial charge is 0.135 e. The van der Waals surface area contributed by atoms with Crippen LogP contribution in [0.25, 0.3) is 0 Å². The maximum absolute atomic E-state index is 10.7. The first kappa shape index (κ1) is 9.37. The van der Waals surface area contributed by atoms with Gasteiger partial charge in [0.2, 0.25) is 0 Å². The molecule has 10 heavy (non-hydrogen) atoms. The summed E-state index contributed by atoms with van der Waals surface area (Å²) in [5.41, 5.74) is 0. The van der Waals surface area contributed by atoms with Crippen molar-refractivity contribution in [2.75, 3.05) is 0 Å². The summed E-state index contributed by atoms with van der Waals surface area (Å²) in [6, 6.07) is 0. The number of allylic oxidation sites excluding steroid dienone is 1. The summed E-state index contributed by atoms with van der Waals surface area (Å²) in [6.07, 6.45) is 2.73. The van der Waals surface area contributed by atoms with E-state index in [0.717, 1.165) is 0 Å². The van der Waals surface area contributed by atoms with Gasteiger partial charge < -0.3 is 5.11 Å². The van der Waals surface area contributed by atoms with Gasteiger partial charge in [0, 0.05) is 5.92 Å². The average Bonchev–Trinajstić information content (AvgIpc) is 1.87. The molecule has 2 unspecified atom stereocenters. The average molecular weight is 142 g/mol. The SMILES string of the molecule is C/C=C/C(O)C(C)C(C)=O. The van der Waals surface area contributed by atoms with Gasteiger partial charge in [-0.1, -0.05) is 19.1 Å². The van der Waals surface area contributed by atoms with Gasteiger partial charge in [-0.3, -0.25) is 4.79 Å². The van der Waals surface area contributed by atoms with Crippen molar-refractivity contribution in [2.24, 2.45) is 5.92 Å². The minimum atomic E-state index is -0.623. The maximum Gasteiger partial charge on any atom is 0.135 e. The third-order valence-electron chi connectivity index (χ3n) is 1.54. The van der Waals surface area contributed by atoms with Crippen LogP contribution in [0.1, 0.15) is 20.8 Å². The van der Waals surface area contributed by atoms with Gasteiger partial charge in [-0.25, -0.2) is 0 Å². The van der Waals surface area contributed by atoms with E-state index in [1.165, 1.54) is 6.92 Å². The number of carbonyl (C=O) groups is 1. The summed E-state index contributed by atoms with van der Waals surface area (Å²) >= 11 is 0. The first-order valence-corrected chi connectivity index (χ1v) is 3.41. The number of hydrogen-bond donors (Lipinski definition) is 1. The Kier molecular flexibility index (Phi) is 3.96. The molecule has 0 rings (SSSR count). The molecule has 0 saturated heterocycles. The van der Waals surface area contributed by atoms with Gasteiger partial charge in [0.05, 0.1) is 6.10 Å². The summed E-state index contributed by atoms with van der Waals surface area (Å²) in [6.45, 7) is 5.01. The molecule has 0 aromatic heterocycles. The molecule has 0 bridgehead atoms. The lowest BCUT2D eigenvalue weighted by Crippen LogP contribution is -2.21. The van der Waals surface area contributed by atoms with E-state index in [2.05, 4.69) is 0 Å². The van der Waals surface area contributed by atoms with E-state index >= 15 is 0 Å². The van der Waals surface area contributed by atoms with Crippen LogP contribution < -0.4 is 0 Å². The summed E-state index contributed by atoms with van der Waals surface area (Å²) < 4.78 is 0. The highest BCUT2D eigenvalue weighted by atomic mass is 16.3. The fourth-order valence-corrected chi connectivity index (χ4v) is 0.604. The third kappa shape index (κ3) is 2.78. The number of ketones is 1. The van der Waals surface area contributed by atoms with Crippen molar-refractivity contribution in [1.82, 2.24) is 0 Å². The fraction of sp³-hybridized carbons (Fsp3) is 0.625. The maximum atomic E-state index is 10.7. The predicted molar refractivity (Wildman–Crippen MR) is 40.7 cm³/mol. The Labute approximate surface area is 61.6 Å². The molecule has 1 N–H and O–H groups in total. The molecule has 2 nitrogen and oxygen atoms in total. The molecular weight excluding hydrogens is 128 g/mol. The molecular formula is C8H14O2. The van der Waals surface area contributed by atoms with Crippen molar-refractivity contribution in [1.29, 1.82) is 0 Å². The largest absolute Gasteiger partial charge is 0.388 e. The van der Waals surface area contributed by atoms with Crippen molar-refractivity contribution >= 4 is 5.78 Å². The van der Waals surface area contributed by atoms with Crippen LogP contribution >= 0.6 is 0 Å². The summed E-state index contributed by atoms with van der Waals surface area (Å²) in [7, 11) is 0. The molecule has 58 valence electrons. The van der Waals surface area contributed by atoms with Gasteiger partial charge in [-0.15, -0.1) is 0 Å². The molecule has 0 fully saturated rings. The fourth-order valence-electron chi connectivity index (χ4n) is 0.604. The normalized spacial score (nSPS) is 17.2. The molecule has 0 spiro atoms. The van der Waals surface area contributed by atoms with Crippen molar-refractivity contribution in [2.45, 2.75) is 26.9 Å². The first-order chi connectivity index (χ1) is 4.59. The Bertz CT molecular complexity index is 138. The van der Waals surface area contributed by atoms with Gasteiger partial charge >= 0.3 is 0 Å². The molecule has 0 aliphatic rings. The van der Waals surface area contributed by atoms with Crippen molar-refractivity contribution in [3.05, 3.63) is 12.2 Å². The number of aliphatic hydroxyl groups is 1. The van der Waals surface area contributed by atoms with Crippen LogP contribution in [0.15, 0.2) is 12.2 Å². The minimum Gasteiger partial charge on any atom is -0.388 e. The van der Waals surface area contributed by atoms with E-state index in [1.54, 1.807) is 19.1 Å². The van der Waals surface area contributed by atoms with E-state index in [4.69, 9.17) is 0 Å². The molecule has 0 heterocycles. The lowest BCUT2D eigenvalue weighted by molar-refractivity contribution is -0.122. The molecule has 0 aromatic carbocycles. The number of hydrogen-bond acceptors (Lipinski definition) is 2. The van der Waals surface area contributed by atoms with Gasteiger partial charge in [0.1, 0.15) is 5.78 Å². The van der Waals surface area contributed by atoms with Crippen LogP contribution in [-0.2, 0) is 4.79 Å². The quantitative estimate of drug-likeness (QED) is 0.600. The van der Waals surface area contributed by atoms with Gasteiger partial charge in [-0.2, -0.15) is 0 Å². The standard InChI is InChI=1S/C8H14O2/c1-4-5-8(10)6(2)7(3)9/h4-6,8,10H,1-3H3/b5-4+. The minimum absolute atomic E-state index is 0.0191. The van der Waals surface area contributed by atoms with Crippen LogP contribution in [0.4, 0.5) is 0 Å². The van der Waals surface area contributed by atoms with Crippen molar-refractivity contribution in [3.8, 4) is 0 Å². The number of aliphatic hydroxyl groups excluding tert-OH is 1. The lowest BCUT2D eigenvalue weighted by Gasteiger charge is -2.10. The zero-order chi connectivity index (χ0) is 8.15. The highest BCUT2D eigenvalue weighted by Crippen LogP contribution is 2.04. The summed E-state index contributed by atoms with van der Waals surface area (Å²) in [5.74, 6) is -0.262. The number of Topliss-reactive ketones (excluding diaryl/α,β-unsaturated/α-hetero) is 1. The topological polar surface area (TPSA) is 37.3 Å². The Hall–Kier alpha value is -0.630. The Morgan fingerprint density at radius 2 is 2.10 bits per heavy atom. The van der Waals surface area contributed by atoms with Gasteiger partial charge in [-0.05, 0) is 13.8 Å². The monoisotopic (exact) mass is 142 g/mol. The van der Waals surface area contributed by atoms with Crippen molar-refractivity contribution < 1.29 is 9.90 Å². The first-order valence-electron chi connectivity index (χ1n) is 3.41. The lowest BCUT2D eigenvalue weighted by atomic mass is 10.0. The Morgan fingerprint density at radius 3 is 2.40 bits per heavy atom. The van der Waals surface area contributed by atoms with Crippen LogP contribution in [0.2, 0.25) is 0 Å². The molecule has 0 aromatic rings. The van der Waals surface area contributed by atoms with Crippen LogP contribution in [0.3, 0.4) is 0 Å². The third-order valence-corrected chi connectivity index (χ3v) is 1.54. The molecule has 0 amide bonds. The number of carbonyl (C=O) groups excluding carboxylic acids is 1. The van der Waals surface area contributed by atoms with E-state index in [9.17, 15) is 9.90 Å². The number of rotatable bonds is 3. The van der Waals surface area contributed by atoms with Gasteiger partial charge in [0.15, 0.2) is 0 Å². The van der Waals surface area contributed by atoms with E-state index in [0.29, 0.717) is 0 Å². The molecule has 0 radical (unpaired) electrons. The summed E-state index contributed by atoms with van der Waals surface area (Å²) in [4.78, 5) is 10.7. The van der Waals surface area contributed by atoms with E-state index in [-0.39, 0.29) is 11.7 Å². The van der Waals surface area contributed by atoms with Gasteiger partial charge in [0.25, 0.3) is 0 Å². The molecule has 0 aliphatic carbocycles. The second kappa shape index (κ2) is 4.23. The molecule has 0 saturated carbocycles. The van der Waals surface area contributed by atoms with Crippen molar-refractivity contribution in [3.63, 3.8) is 0 Å². The van der Waals surface area contributed by atoms with Crippen LogP contribution in [0.5, 0.6) is 0 Å². The predicted octanol–water partition coefficient (Wildman–Crippen LogP) is 1.15. The zero-order valence-corrected chi connectivity index (χ0v) is 6.66. The zero-order valence-electron chi connectivity index (χ0n) is 6.66. The van der Waals surface area contributed by atoms with Crippen LogP contribution in [-0.4, -0.2) is 17.0 Å². The second-order valence-electron chi connectivity index (χ2n) is 2.42. The highest BCUT2D eigenvalue weighted by Gasteiger charge is 2.14. The molecule has 0 aliphatic heterocycles.